The van der Waals surface area contributed by atoms with E-state index >= 15 is 0 Å². The smallest absolute Gasteiger partial charge is 0.295 e. The molecule has 0 spiro atoms. The van der Waals surface area contributed by atoms with Crippen LogP contribution in [-0.2, 0) is 20.9 Å². The number of ether oxygens (including phenoxy) is 3. The van der Waals surface area contributed by atoms with Crippen LogP contribution in [0.3, 0.4) is 0 Å². The molecule has 1 atom stereocenters. The van der Waals surface area contributed by atoms with Crippen LogP contribution >= 0.6 is 0 Å². The predicted octanol–water partition coefficient (Wildman–Crippen LogP) is 5.28. The van der Waals surface area contributed by atoms with Gasteiger partial charge in [-0.2, -0.15) is 0 Å². The van der Waals surface area contributed by atoms with Gasteiger partial charge < -0.3 is 24.2 Å². The Kier molecular flexibility index (Phi) is 9.92. The van der Waals surface area contributed by atoms with Gasteiger partial charge in [-0.05, 0) is 60.4 Å². The van der Waals surface area contributed by atoms with Gasteiger partial charge in [0.2, 0.25) is 0 Å². The molecule has 5 rings (SSSR count). The van der Waals surface area contributed by atoms with Gasteiger partial charge in [0.05, 0.1) is 24.8 Å². The number of nitrogens with zero attached hydrogens (tertiary/aromatic N) is 2. The van der Waals surface area contributed by atoms with Crippen molar-refractivity contribution in [3.63, 3.8) is 0 Å². The van der Waals surface area contributed by atoms with Crippen LogP contribution in [0.25, 0.3) is 5.76 Å². The molecule has 0 radical (unpaired) electrons. The van der Waals surface area contributed by atoms with Gasteiger partial charge in [0.15, 0.2) is 0 Å². The Hall–Kier alpha value is -4.40. The number of aliphatic hydroxyl groups is 1. The summed E-state index contributed by atoms with van der Waals surface area (Å²) in [6.07, 6.45) is 2.35. The molecule has 0 aromatic heterocycles. The third-order valence-electron chi connectivity index (χ3n) is 7.77. The molecule has 2 aliphatic rings. The fraction of sp³-hybridized carbons (Fsp3) is 0.314. The summed E-state index contributed by atoms with van der Waals surface area (Å²) in [4.78, 5) is 30.8. The van der Waals surface area contributed by atoms with Gasteiger partial charge in [0, 0.05) is 31.7 Å². The zero-order valence-electron chi connectivity index (χ0n) is 24.5. The van der Waals surface area contributed by atoms with E-state index in [1.807, 2.05) is 61.5 Å². The zero-order chi connectivity index (χ0) is 30.2. The quantitative estimate of drug-likeness (QED) is 0.135. The summed E-state index contributed by atoms with van der Waals surface area (Å²) in [6, 6.07) is 21.8. The van der Waals surface area contributed by atoms with E-state index in [1.54, 1.807) is 29.2 Å². The Bertz CT molecular complexity index is 1460. The van der Waals surface area contributed by atoms with Gasteiger partial charge in [-0.15, -0.1) is 0 Å². The normalized spacial score (nSPS) is 18.5. The minimum absolute atomic E-state index is 0.0773. The molecule has 224 valence electrons. The fourth-order valence-electron chi connectivity index (χ4n) is 5.50. The third-order valence-corrected chi connectivity index (χ3v) is 7.77. The summed E-state index contributed by atoms with van der Waals surface area (Å²) < 4.78 is 17.1. The van der Waals surface area contributed by atoms with E-state index < -0.39 is 17.7 Å². The summed E-state index contributed by atoms with van der Waals surface area (Å²) >= 11 is 0. The molecule has 0 bridgehead atoms. The third kappa shape index (κ3) is 7.16. The van der Waals surface area contributed by atoms with Gasteiger partial charge in [-0.25, -0.2) is 0 Å². The Morgan fingerprint density at radius 3 is 2.44 bits per heavy atom. The van der Waals surface area contributed by atoms with E-state index in [0.717, 1.165) is 36.3 Å². The first-order chi connectivity index (χ1) is 21.0. The van der Waals surface area contributed by atoms with Crippen LogP contribution in [-0.4, -0.2) is 72.6 Å². The monoisotopic (exact) mass is 582 g/mol. The van der Waals surface area contributed by atoms with Crippen LogP contribution in [0.5, 0.6) is 11.5 Å². The Labute approximate surface area is 252 Å². The number of ketones is 1. The van der Waals surface area contributed by atoms with Crippen LogP contribution in [0.2, 0.25) is 0 Å². The molecular weight excluding hydrogens is 544 g/mol. The lowest BCUT2D eigenvalue weighted by atomic mass is 9.94. The van der Waals surface area contributed by atoms with Crippen LogP contribution in [0.15, 0.2) is 91.0 Å². The minimum Gasteiger partial charge on any atom is -0.507 e. The summed E-state index contributed by atoms with van der Waals surface area (Å²) in [5.74, 6) is -0.185. The maximum atomic E-state index is 13.5. The lowest BCUT2D eigenvalue weighted by molar-refractivity contribution is -0.140. The van der Waals surface area contributed by atoms with E-state index in [2.05, 4.69) is 11.5 Å². The van der Waals surface area contributed by atoms with Gasteiger partial charge in [0.1, 0.15) is 30.5 Å². The van der Waals surface area contributed by atoms with Crippen molar-refractivity contribution in [2.75, 3.05) is 46.0 Å². The van der Waals surface area contributed by atoms with Crippen LogP contribution in [0.4, 0.5) is 0 Å². The number of Topliss-reactive ketones (excluding diaryl/α,β-unsaturated/α-hetero) is 1. The first-order valence-electron chi connectivity index (χ1n) is 14.7. The molecule has 8 nitrogen and oxygen atoms in total. The van der Waals surface area contributed by atoms with Crippen LogP contribution in [0.1, 0.15) is 34.7 Å². The topological polar surface area (TPSA) is 88.5 Å². The lowest BCUT2D eigenvalue weighted by Gasteiger charge is -2.29. The van der Waals surface area contributed by atoms with Crippen molar-refractivity contribution >= 4 is 17.4 Å². The van der Waals surface area contributed by atoms with Crippen molar-refractivity contribution in [1.29, 1.82) is 0 Å². The van der Waals surface area contributed by atoms with Crippen molar-refractivity contribution in [1.82, 2.24) is 9.80 Å². The van der Waals surface area contributed by atoms with E-state index in [9.17, 15) is 14.7 Å². The van der Waals surface area contributed by atoms with Crippen LogP contribution in [0, 0.1) is 6.92 Å². The molecule has 0 aliphatic carbocycles. The number of aryl methyl sites for hydroxylation is 1. The molecule has 2 fully saturated rings. The summed E-state index contributed by atoms with van der Waals surface area (Å²) in [7, 11) is 0. The highest BCUT2D eigenvalue weighted by Crippen LogP contribution is 2.40. The van der Waals surface area contributed by atoms with E-state index in [0.29, 0.717) is 56.5 Å². The van der Waals surface area contributed by atoms with Crippen molar-refractivity contribution in [2.45, 2.75) is 26.0 Å². The largest absolute Gasteiger partial charge is 0.507 e. The molecule has 1 amide bonds. The van der Waals surface area contributed by atoms with Gasteiger partial charge in [0.25, 0.3) is 11.7 Å². The number of carbonyl (C=O) groups excluding carboxylic acids is 2. The standard InChI is InChI=1S/C35H38N2O6/c1-3-20-42-30-15-12-28(23-25(30)2)33(38)31-32(27-10-13-29(14-11-27)43-24-26-8-5-4-6-9-26)37(35(40)34(31)39)17-7-16-36-18-21-41-22-19-36/h3-6,8-15,23,32,38H,1,7,16-22,24H2,2H3/b33-31+. The minimum atomic E-state index is -0.732. The number of amides is 1. The number of benzene rings is 3. The summed E-state index contributed by atoms with van der Waals surface area (Å²) in [5.41, 5.74) is 3.09. The average molecular weight is 583 g/mol. The number of hydrogen-bond acceptors (Lipinski definition) is 7. The van der Waals surface area contributed by atoms with E-state index in [1.165, 1.54) is 0 Å². The molecule has 3 aromatic rings. The SMILES string of the molecule is C=CCOc1ccc(/C(O)=C2\C(=O)C(=O)N(CCCN3CCOCC3)C2c2ccc(OCc3ccccc3)cc2)cc1C. The summed E-state index contributed by atoms with van der Waals surface area (Å²) in [5, 5.41) is 11.5. The summed E-state index contributed by atoms with van der Waals surface area (Å²) in [6.45, 7) is 10.6. The van der Waals surface area contributed by atoms with Crippen molar-refractivity contribution in [3.05, 3.63) is 113 Å². The van der Waals surface area contributed by atoms with Gasteiger partial charge >= 0.3 is 0 Å². The second kappa shape index (κ2) is 14.2. The highest BCUT2D eigenvalue weighted by Gasteiger charge is 2.45. The molecule has 43 heavy (non-hydrogen) atoms. The first kappa shape index (κ1) is 30.1. The Morgan fingerprint density at radius 1 is 1.00 bits per heavy atom. The predicted molar refractivity (Wildman–Crippen MR) is 165 cm³/mol. The molecule has 0 saturated carbocycles. The molecule has 2 aliphatic heterocycles. The van der Waals surface area contributed by atoms with E-state index in [-0.39, 0.29) is 11.3 Å². The fourth-order valence-corrected chi connectivity index (χ4v) is 5.50. The molecule has 8 heteroatoms. The lowest BCUT2D eigenvalue weighted by Crippen LogP contribution is -2.38. The molecular formula is C35H38N2O6. The van der Waals surface area contributed by atoms with Crippen molar-refractivity contribution in [2.24, 2.45) is 0 Å². The number of hydrogen-bond donors (Lipinski definition) is 1. The number of rotatable bonds is 12. The Balaban J connectivity index is 1.43. The maximum absolute atomic E-state index is 13.5. The molecule has 2 saturated heterocycles. The van der Waals surface area contributed by atoms with Crippen molar-refractivity contribution < 1.29 is 28.9 Å². The zero-order valence-corrected chi connectivity index (χ0v) is 24.5. The molecule has 1 unspecified atom stereocenters. The van der Waals surface area contributed by atoms with Gasteiger partial charge in [-0.1, -0.05) is 55.1 Å². The highest BCUT2D eigenvalue weighted by atomic mass is 16.5. The molecule has 2 heterocycles. The van der Waals surface area contributed by atoms with Crippen molar-refractivity contribution in [3.8, 4) is 11.5 Å². The number of likely N-dealkylation sites (tertiary alicyclic amines) is 1. The molecule has 3 aromatic carbocycles. The highest BCUT2D eigenvalue weighted by molar-refractivity contribution is 6.46. The number of carbonyl (C=O) groups is 2. The van der Waals surface area contributed by atoms with E-state index in [4.69, 9.17) is 14.2 Å². The van der Waals surface area contributed by atoms with Gasteiger partial charge in [-0.3, -0.25) is 14.5 Å². The second-order valence-corrected chi connectivity index (χ2v) is 10.7. The number of aliphatic hydroxyl groups excluding tert-OH is 1. The average Bonchev–Trinajstić information content (AvgIpc) is 3.29. The second-order valence-electron chi connectivity index (χ2n) is 10.7. The first-order valence-corrected chi connectivity index (χ1v) is 14.7. The number of morpholine rings is 1. The molecule has 1 N–H and O–H groups in total. The van der Waals surface area contributed by atoms with Crippen LogP contribution < -0.4 is 9.47 Å². The maximum Gasteiger partial charge on any atom is 0.295 e. The Morgan fingerprint density at radius 2 is 1.74 bits per heavy atom.